The number of nitrogens with zero attached hydrogens (tertiary/aromatic N) is 1. The lowest BCUT2D eigenvalue weighted by Crippen LogP contribution is -2.47. The number of hydrogen-bond acceptors (Lipinski definition) is 4. The number of methoxy groups -OCH3 is 1. The average molecular weight is 319 g/mol. The molecule has 1 N–H and O–H groups in total. The second-order valence-electron chi connectivity index (χ2n) is 4.55. The Labute approximate surface area is 125 Å². The van der Waals surface area contributed by atoms with E-state index in [-0.39, 0.29) is 33.4 Å². The molecule has 0 atom stereocenters. The van der Waals surface area contributed by atoms with Gasteiger partial charge in [-0.1, -0.05) is 23.2 Å². The number of ether oxygens (including phenoxy) is 1. The number of nitro groups is 1. The van der Waals surface area contributed by atoms with Gasteiger partial charge in [-0.3, -0.25) is 14.9 Å². The summed E-state index contributed by atoms with van der Waals surface area (Å²) in [5.74, 6) is -0.472. The van der Waals surface area contributed by atoms with Crippen molar-refractivity contribution in [2.24, 2.45) is 0 Å². The molecule has 0 bridgehead atoms. The van der Waals surface area contributed by atoms with Crippen molar-refractivity contribution in [2.45, 2.75) is 25.0 Å². The molecule has 8 heteroatoms. The zero-order valence-corrected chi connectivity index (χ0v) is 12.1. The summed E-state index contributed by atoms with van der Waals surface area (Å²) in [4.78, 5) is 22.2. The number of non-ortho nitro benzene ring substituents is 1. The summed E-state index contributed by atoms with van der Waals surface area (Å²) in [6.45, 7) is 0. The number of hydrogen-bond donors (Lipinski definition) is 1. The first-order valence-corrected chi connectivity index (χ1v) is 6.65. The van der Waals surface area contributed by atoms with Crippen LogP contribution in [0, 0.1) is 10.1 Å². The Morgan fingerprint density at radius 3 is 2.65 bits per heavy atom. The van der Waals surface area contributed by atoms with Gasteiger partial charge in [0.05, 0.1) is 26.6 Å². The summed E-state index contributed by atoms with van der Waals surface area (Å²) in [5.41, 5.74) is -0.264. The maximum absolute atomic E-state index is 12.1. The monoisotopic (exact) mass is 318 g/mol. The first-order valence-electron chi connectivity index (χ1n) is 5.89. The molecule has 1 fully saturated rings. The fourth-order valence-electron chi connectivity index (χ4n) is 1.98. The minimum absolute atomic E-state index is 0.00623. The van der Waals surface area contributed by atoms with Crippen molar-refractivity contribution in [1.29, 1.82) is 0 Å². The maximum Gasteiger partial charge on any atom is 0.271 e. The van der Waals surface area contributed by atoms with E-state index in [0.29, 0.717) is 12.8 Å². The highest BCUT2D eigenvalue weighted by Crippen LogP contribution is 2.31. The van der Waals surface area contributed by atoms with E-state index in [1.807, 2.05) is 0 Å². The van der Waals surface area contributed by atoms with Gasteiger partial charge in [-0.25, -0.2) is 0 Å². The van der Waals surface area contributed by atoms with E-state index in [4.69, 9.17) is 27.9 Å². The molecule has 20 heavy (non-hydrogen) atoms. The lowest BCUT2D eigenvalue weighted by Gasteiger charge is -2.34. The molecule has 6 nitrogen and oxygen atoms in total. The number of rotatable bonds is 4. The molecule has 0 heterocycles. The summed E-state index contributed by atoms with van der Waals surface area (Å²) in [7, 11) is 1.61. The van der Waals surface area contributed by atoms with E-state index in [0.717, 1.165) is 12.1 Å². The molecule has 0 aromatic heterocycles. The quantitative estimate of drug-likeness (QED) is 0.683. The molecule has 1 aromatic rings. The highest BCUT2D eigenvalue weighted by molar-refractivity contribution is 6.44. The number of halogens is 2. The predicted molar refractivity (Wildman–Crippen MR) is 74.4 cm³/mol. The van der Waals surface area contributed by atoms with Crippen molar-refractivity contribution in [2.75, 3.05) is 7.11 Å². The fraction of sp³-hybridized carbons (Fsp3) is 0.417. The van der Waals surface area contributed by atoms with Gasteiger partial charge in [0.2, 0.25) is 0 Å². The van der Waals surface area contributed by atoms with Gasteiger partial charge in [-0.05, 0) is 12.8 Å². The highest BCUT2D eigenvalue weighted by atomic mass is 35.5. The molecule has 0 saturated heterocycles. The molecular formula is C12H12Cl2N2O4. The Morgan fingerprint density at radius 1 is 1.45 bits per heavy atom. The Balaban J connectivity index is 2.15. The normalized spacial score (nSPS) is 21.1. The van der Waals surface area contributed by atoms with Gasteiger partial charge in [-0.15, -0.1) is 0 Å². The lowest BCUT2D eigenvalue weighted by molar-refractivity contribution is -0.384. The van der Waals surface area contributed by atoms with Crippen LogP contribution in [0.5, 0.6) is 0 Å². The van der Waals surface area contributed by atoms with Crippen LogP contribution in [-0.2, 0) is 4.74 Å². The molecule has 0 unspecified atom stereocenters. The van der Waals surface area contributed by atoms with Crippen molar-refractivity contribution in [1.82, 2.24) is 5.32 Å². The molecule has 0 aliphatic heterocycles. The summed E-state index contributed by atoms with van der Waals surface area (Å²) in [6.07, 6.45) is 1.56. The third kappa shape index (κ3) is 3.03. The lowest BCUT2D eigenvalue weighted by atomic mass is 9.89. The molecule has 1 aliphatic carbocycles. The predicted octanol–water partition coefficient (Wildman–Crippen LogP) is 2.81. The van der Waals surface area contributed by atoms with Crippen molar-refractivity contribution in [3.05, 3.63) is 37.9 Å². The van der Waals surface area contributed by atoms with Gasteiger partial charge in [0, 0.05) is 25.3 Å². The summed E-state index contributed by atoms with van der Waals surface area (Å²) in [6, 6.07) is 2.22. The minimum atomic E-state index is -0.622. The molecule has 2 rings (SSSR count). The van der Waals surface area contributed by atoms with Gasteiger partial charge in [-0.2, -0.15) is 0 Å². The van der Waals surface area contributed by atoms with E-state index in [2.05, 4.69) is 5.32 Å². The average Bonchev–Trinajstić information content (AvgIpc) is 2.35. The number of nitro benzene ring substituents is 1. The summed E-state index contributed by atoms with van der Waals surface area (Å²) in [5, 5.41) is 13.5. The number of amides is 1. The van der Waals surface area contributed by atoms with Crippen LogP contribution in [0.1, 0.15) is 23.2 Å². The molecule has 0 spiro atoms. The van der Waals surface area contributed by atoms with Crippen molar-refractivity contribution < 1.29 is 14.5 Å². The van der Waals surface area contributed by atoms with Crippen molar-refractivity contribution >= 4 is 34.8 Å². The third-order valence-electron chi connectivity index (χ3n) is 3.23. The van der Waals surface area contributed by atoms with E-state index in [1.54, 1.807) is 7.11 Å². The van der Waals surface area contributed by atoms with Crippen molar-refractivity contribution in [3.8, 4) is 0 Å². The van der Waals surface area contributed by atoms with Crippen LogP contribution in [0.4, 0.5) is 5.69 Å². The Hall–Kier alpha value is -1.37. The van der Waals surface area contributed by atoms with Gasteiger partial charge in [0.25, 0.3) is 11.6 Å². The zero-order chi connectivity index (χ0) is 14.9. The highest BCUT2D eigenvalue weighted by Gasteiger charge is 2.31. The van der Waals surface area contributed by atoms with Crippen LogP contribution in [-0.4, -0.2) is 30.1 Å². The molecular weight excluding hydrogens is 307 g/mol. The van der Waals surface area contributed by atoms with E-state index < -0.39 is 10.8 Å². The van der Waals surface area contributed by atoms with Crippen LogP contribution in [0.15, 0.2) is 12.1 Å². The van der Waals surface area contributed by atoms with Crippen molar-refractivity contribution in [3.63, 3.8) is 0 Å². The van der Waals surface area contributed by atoms with Gasteiger partial charge in [0.1, 0.15) is 0 Å². The third-order valence-corrected chi connectivity index (χ3v) is 4.03. The second kappa shape index (κ2) is 5.95. The van der Waals surface area contributed by atoms with Crippen LogP contribution in [0.2, 0.25) is 10.0 Å². The van der Waals surface area contributed by atoms with E-state index in [9.17, 15) is 14.9 Å². The topological polar surface area (TPSA) is 81.5 Å². The smallest absolute Gasteiger partial charge is 0.271 e. The van der Waals surface area contributed by atoms with Gasteiger partial charge >= 0.3 is 0 Å². The number of nitrogens with one attached hydrogen (secondary N) is 1. The molecule has 1 aliphatic rings. The Kier molecular flexibility index (Phi) is 4.47. The molecule has 1 saturated carbocycles. The van der Waals surface area contributed by atoms with Crippen LogP contribution in [0.3, 0.4) is 0 Å². The second-order valence-corrected chi connectivity index (χ2v) is 5.33. The first kappa shape index (κ1) is 15.0. The van der Waals surface area contributed by atoms with Gasteiger partial charge in [0.15, 0.2) is 0 Å². The number of carbonyl (C=O) groups excluding carboxylic acids is 1. The molecule has 1 aromatic carbocycles. The first-order chi connectivity index (χ1) is 9.42. The Bertz CT molecular complexity index is 559. The largest absolute Gasteiger partial charge is 0.381 e. The minimum Gasteiger partial charge on any atom is -0.381 e. The molecule has 1 amide bonds. The number of carbonyl (C=O) groups is 1. The fourth-order valence-corrected chi connectivity index (χ4v) is 2.39. The molecule has 108 valence electrons. The summed E-state index contributed by atoms with van der Waals surface area (Å²) >= 11 is 11.7. The summed E-state index contributed by atoms with van der Waals surface area (Å²) < 4.78 is 5.11. The number of benzene rings is 1. The van der Waals surface area contributed by atoms with Crippen LogP contribution in [0.25, 0.3) is 0 Å². The van der Waals surface area contributed by atoms with E-state index in [1.165, 1.54) is 0 Å². The van der Waals surface area contributed by atoms with Crippen LogP contribution < -0.4 is 5.32 Å². The Morgan fingerprint density at radius 2 is 2.10 bits per heavy atom. The maximum atomic E-state index is 12.1. The molecule has 0 radical (unpaired) electrons. The van der Waals surface area contributed by atoms with Gasteiger partial charge < -0.3 is 10.1 Å². The van der Waals surface area contributed by atoms with Crippen LogP contribution >= 0.6 is 23.2 Å². The zero-order valence-electron chi connectivity index (χ0n) is 10.6. The SMILES string of the molecule is COC1CC(NC(=O)c2cc([N+](=O)[O-])cc(Cl)c2Cl)C1. The van der Waals surface area contributed by atoms with E-state index >= 15 is 0 Å². The standard InChI is InChI=1S/C12H12Cl2N2O4/c1-20-8-2-6(3-8)15-12(17)9-4-7(16(18)19)5-10(13)11(9)14/h4-6,8H,2-3H2,1H3,(H,15,17).